The van der Waals surface area contributed by atoms with Crippen LogP contribution < -0.4 is 9.47 Å². The maximum atomic E-state index is 12.5. The number of rotatable bonds is 10. The van der Waals surface area contributed by atoms with Crippen LogP contribution in [0.15, 0.2) is 97.1 Å². The molecule has 0 aliphatic heterocycles. The van der Waals surface area contributed by atoms with Crippen molar-refractivity contribution >= 4 is 0 Å². The SMILES string of the molecule is Cc1cc(-c2cc(C(C)(C)C)cc(C(C)(C)C)c2)c(O)c(-c2cc(C(C)(C)C)ccc2O[C@H](C)C[C@H](C)Oc2ccc(C(C)(C)C)cc2-c2cc(C)cc(-c3cc(C(C)(C)C)cc(C(C)(C)C)c3)c2O)c1. The molecule has 0 radical (unpaired) electrons. The number of phenols is 2. The topological polar surface area (TPSA) is 58.9 Å². The van der Waals surface area contributed by atoms with Gasteiger partial charge >= 0.3 is 0 Å². The molecule has 0 aliphatic rings. The summed E-state index contributed by atoms with van der Waals surface area (Å²) in [5, 5.41) is 24.9. The van der Waals surface area contributed by atoms with Crippen molar-refractivity contribution in [2.45, 2.75) is 203 Å². The number of phenolic OH excluding ortho intramolecular Hbond substituents is 2. The van der Waals surface area contributed by atoms with Gasteiger partial charge in [-0.1, -0.05) is 173 Å². The van der Waals surface area contributed by atoms with Gasteiger partial charge in [-0.3, -0.25) is 0 Å². The van der Waals surface area contributed by atoms with Gasteiger partial charge in [0.2, 0.25) is 0 Å². The first-order valence-electron chi connectivity index (χ1n) is 26.0. The van der Waals surface area contributed by atoms with E-state index in [1.807, 2.05) is 0 Å². The van der Waals surface area contributed by atoms with Crippen molar-refractivity contribution in [3.8, 4) is 67.5 Å². The summed E-state index contributed by atoms with van der Waals surface area (Å²) in [7, 11) is 0. The van der Waals surface area contributed by atoms with E-state index in [1.54, 1.807) is 0 Å². The van der Waals surface area contributed by atoms with E-state index in [9.17, 15) is 10.2 Å². The zero-order valence-corrected chi connectivity index (χ0v) is 47.8. The molecule has 4 nitrogen and oxygen atoms in total. The third-order valence-electron chi connectivity index (χ3n) is 14.1. The lowest BCUT2D eigenvalue weighted by molar-refractivity contribution is 0.131. The summed E-state index contributed by atoms with van der Waals surface area (Å²) in [6, 6.07) is 34.8. The number of hydrogen-bond donors (Lipinski definition) is 2. The average molecular weight is 957 g/mol. The van der Waals surface area contributed by atoms with E-state index in [1.165, 1.54) is 22.3 Å². The fraction of sp³-hybridized carbons (Fsp3) is 0.463. The molecular weight excluding hydrogens is 869 g/mol. The molecule has 4 heteroatoms. The van der Waals surface area contributed by atoms with E-state index in [0.717, 1.165) is 66.8 Å². The normalized spacial score (nSPS) is 13.8. The monoisotopic (exact) mass is 957 g/mol. The molecule has 0 spiro atoms. The van der Waals surface area contributed by atoms with Gasteiger partial charge in [0.05, 0.1) is 12.2 Å². The van der Waals surface area contributed by atoms with E-state index < -0.39 is 0 Å². The predicted molar refractivity (Wildman–Crippen MR) is 304 cm³/mol. The van der Waals surface area contributed by atoms with Crippen LogP contribution in [0.2, 0.25) is 0 Å². The summed E-state index contributed by atoms with van der Waals surface area (Å²) in [5.74, 6) is 1.90. The molecule has 0 saturated carbocycles. The standard InChI is InChI=1S/C67H88O4/c1-40-27-52(44-32-48(64(11,12)13)36-49(33-44)65(14,15)16)60(68)56(29-40)54-38-46(62(5,6)7)23-25-58(54)70-42(3)31-43(4)71-59-26-24-47(63(8,9)10)39-55(59)57-30-41(2)28-53(61(57)69)45-34-50(66(17,18)19)37-51(35-45)67(20,21)22/h23-30,32-39,42-43,68-69H,31H2,1-22H3/t42-,43+. The largest absolute Gasteiger partial charge is 0.507 e. The molecule has 2 atom stereocenters. The van der Waals surface area contributed by atoms with Gasteiger partial charge in [0.25, 0.3) is 0 Å². The second kappa shape index (κ2) is 19.5. The van der Waals surface area contributed by atoms with Gasteiger partial charge in [-0.05, 0) is 164 Å². The molecule has 6 rings (SSSR count). The lowest BCUT2D eigenvalue weighted by Gasteiger charge is -2.27. The minimum Gasteiger partial charge on any atom is -0.507 e. The first-order valence-corrected chi connectivity index (χ1v) is 26.0. The average Bonchev–Trinajstić information content (AvgIpc) is 3.23. The number of hydrogen-bond acceptors (Lipinski definition) is 4. The minimum absolute atomic E-state index is 0.0729. The molecule has 0 bridgehead atoms. The Bertz CT molecular complexity index is 2640. The van der Waals surface area contributed by atoms with E-state index in [0.29, 0.717) is 17.9 Å². The van der Waals surface area contributed by atoms with Gasteiger partial charge in [0.15, 0.2) is 0 Å². The predicted octanol–water partition coefficient (Wildman–Crippen LogP) is 18.8. The van der Waals surface area contributed by atoms with Crippen LogP contribution in [0.3, 0.4) is 0 Å². The maximum Gasteiger partial charge on any atom is 0.131 e. The van der Waals surface area contributed by atoms with Gasteiger partial charge in [0.1, 0.15) is 23.0 Å². The van der Waals surface area contributed by atoms with Gasteiger partial charge < -0.3 is 19.7 Å². The molecular formula is C67H88O4. The molecule has 0 fully saturated rings. The van der Waals surface area contributed by atoms with E-state index in [4.69, 9.17) is 9.47 Å². The Hall–Kier alpha value is -5.48. The van der Waals surface area contributed by atoms with Crippen molar-refractivity contribution in [1.82, 2.24) is 0 Å². The van der Waals surface area contributed by atoms with Crippen molar-refractivity contribution in [2.75, 3.05) is 0 Å². The Morgan fingerprint density at radius 3 is 0.873 bits per heavy atom. The molecule has 0 saturated heterocycles. The van der Waals surface area contributed by atoms with Crippen LogP contribution in [0.1, 0.15) is 189 Å². The zero-order chi connectivity index (χ0) is 53.1. The maximum absolute atomic E-state index is 12.5. The van der Waals surface area contributed by atoms with Crippen LogP contribution >= 0.6 is 0 Å². The first-order chi connectivity index (χ1) is 32.4. The van der Waals surface area contributed by atoms with Crippen LogP contribution in [0.4, 0.5) is 0 Å². The first kappa shape index (κ1) is 54.8. The molecule has 0 amide bonds. The van der Waals surface area contributed by atoms with Gasteiger partial charge in [-0.25, -0.2) is 0 Å². The Morgan fingerprint density at radius 2 is 0.606 bits per heavy atom. The van der Waals surface area contributed by atoms with Crippen molar-refractivity contribution < 1.29 is 19.7 Å². The Balaban J connectivity index is 1.39. The Labute approximate surface area is 430 Å². The van der Waals surface area contributed by atoms with E-state index in [2.05, 4.69) is 249 Å². The van der Waals surface area contributed by atoms with E-state index in [-0.39, 0.29) is 56.2 Å². The molecule has 0 unspecified atom stereocenters. The second-order valence-corrected chi connectivity index (χ2v) is 27.0. The van der Waals surface area contributed by atoms with Crippen LogP contribution in [-0.2, 0) is 32.5 Å². The van der Waals surface area contributed by atoms with Gasteiger partial charge in [0, 0.05) is 39.8 Å². The number of aromatic hydroxyl groups is 2. The van der Waals surface area contributed by atoms with Crippen molar-refractivity contribution in [2.24, 2.45) is 0 Å². The Kier molecular flexibility index (Phi) is 15.1. The molecule has 6 aromatic carbocycles. The molecule has 0 heterocycles. The molecule has 0 aliphatic carbocycles. The third kappa shape index (κ3) is 12.8. The summed E-state index contributed by atoms with van der Waals surface area (Å²) < 4.78 is 13.9. The number of benzene rings is 6. The highest BCUT2D eigenvalue weighted by Crippen LogP contribution is 2.48. The molecule has 6 aromatic rings. The van der Waals surface area contributed by atoms with Crippen molar-refractivity contribution in [1.29, 1.82) is 0 Å². The summed E-state index contributed by atoms with van der Waals surface area (Å²) in [6.45, 7) is 48.7. The quantitative estimate of drug-likeness (QED) is 0.144. The van der Waals surface area contributed by atoms with Gasteiger partial charge in [-0.2, -0.15) is 0 Å². The van der Waals surface area contributed by atoms with Crippen molar-refractivity contribution in [3.05, 3.63) is 142 Å². The highest BCUT2D eigenvalue weighted by atomic mass is 16.5. The second-order valence-electron chi connectivity index (χ2n) is 27.0. The van der Waals surface area contributed by atoms with Crippen LogP contribution in [0.25, 0.3) is 44.5 Å². The number of ether oxygens (including phenoxy) is 2. The Morgan fingerprint density at radius 1 is 0.338 bits per heavy atom. The highest BCUT2D eigenvalue weighted by molar-refractivity contribution is 5.87. The van der Waals surface area contributed by atoms with Crippen LogP contribution in [-0.4, -0.2) is 22.4 Å². The van der Waals surface area contributed by atoms with E-state index >= 15 is 0 Å². The van der Waals surface area contributed by atoms with Gasteiger partial charge in [-0.15, -0.1) is 0 Å². The number of aryl methyl sites for hydroxylation is 2. The minimum atomic E-state index is -0.253. The fourth-order valence-electron chi connectivity index (χ4n) is 9.32. The molecule has 71 heavy (non-hydrogen) atoms. The molecule has 2 N–H and O–H groups in total. The summed E-state index contributed by atoms with van der Waals surface area (Å²) in [5.41, 5.74) is 15.7. The smallest absolute Gasteiger partial charge is 0.131 e. The summed E-state index contributed by atoms with van der Waals surface area (Å²) in [4.78, 5) is 0. The summed E-state index contributed by atoms with van der Waals surface area (Å²) in [6.07, 6.45) is 0.0789. The fourth-order valence-corrected chi connectivity index (χ4v) is 9.32. The highest BCUT2D eigenvalue weighted by Gasteiger charge is 2.28. The molecule has 0 aromatic heterocycles. The third-order valence-corrected chi connectivity index (χ3v) is 14.1. The zero-order valence-electron chi connectivity index (χ0n) is 47.8. The lowest BCUT2D eigenvalue weighted by Crippen LogP contribution is -2.23. The summed E-state index contributed by atoms with van der Waals surface area (Å²) >= 11 is 0. The van der Waals surface area contributed by atoms with Crippen LogP contribution in [0, 0.1) is 13.8 Å². The lowest BCUT2D eigenvalue weighted by atomic mass is 9.78. The molecule has 380 valence electrons. The van der Waals surface area contributed by atoms with Crippen LogP contribution in [0.5, 0.6) is 23.0 Å². The van der Waals surface area contributed by atoms with Crippen molar-refractivity contribution in [3.63, 3.8) is 0 Å².